The fourth-order valence-electron chi connectivity index (χ4n) is 2.50. The highest BCUT2D eigenvalue weighted by Gasteiger charge is 2.33. The zero-order valence-electron chi connectivity index (χ0n) is 13.9. The molecule has 1 amide bonds. The lowest BCUT2D eigenvalue weighted by Gasteiger charge is -2.14. The lowest BCUT2D eigenvalue weighted by molar-refractivity contribution is -0.137. The molecule has 0 atom stereocenters. The first-order valence-electron chi connectivity index (χ1n) is 7.92. The van der Waals surface area contributed by atoms with E-state index in [9.17, 15) is 22.8 Å². The van der Waals surface area contributed by atoms with Gasteiger partial charge >= 0.3 is 6.18 Å². The zero-order chi connectivity index (χ0) is 19.4. The molecule has 0 bridgehead atoms. The molecule has 0 aliphatic carbocycles. The predicted octanol–water partition coefficient (Wildman–Crippen LogP) is 3.57. The first-order chi connectivity index (χ1) is 12.8. The van der Waals surface area contributed by atoms with Crippen molar-refractivity contribution < 1.29 is 18.0 Å². The lowest BCUT2D eigenvalue weighted by atomic mass is 10.1. The molecule has 0 aliphatic rings. The highest BCUT2D eigenvalue weighted by atomic mass is 19.4. The number of rotatable bonds is 4. The van der Waals surface area contributed by atoms with E-state index in [1.54, 1.807) is 24.3 Å². The van der Waals surface area contributed by atoms with E-state index < -0.39 is 29.8 Å². The monoisotopic (exact) mass is 373 g/mol. The Balaban J connectivity index is 1.77. The number of carbonyl (C=O) groups excluding carboxylic acids is 1. The standard InChI is InChI=1S/C19H14F3N3O2/c20-19(21,22)14-8-4-5-9-15(14)24-17(26)11-25-12-23-16(10-18(25)27)13-6-2-1-3-7-13/h1-10,12H,11H2,(H,24,26). The minimum atomic E-state index is -4.60. The van der Waals surface area contributed by atoms with Crippen molar-refractivity contribution in [2.75, 3.05) is 5.32 Å². The summed E-state index contributed by atoms with van der Waals surface area (Å²) in [6.45, 7) is -0.451. The molecular weight excluding hydrogens is 359 g/mol. The van der Waals surface area contributed by atoms with Crippen molar-refractivity contribution in [3.63, 3.8) is 0 Å². The van der Waals surface area contributed by atoms with Crippen molar-refractivity contribution >= 4 is 11.6 Å². The molecule has 1 N–H and O–H groups in total. The van der Waals surface area contributed by atoms with Crippen molar-refractivity contribution in [1.82, 2.24) is 9.55 Å². The first-order valence-corrected chi connectivity index (χ1v) is 7.92. The number of alkyl halides is 3. The summed E-state index contributed by atoms with van der Waals surface area (Å²) in [5.41, 5.74) is -0.617. The number of benzene rings is 2. The fourth-order valence-corrected chi connectivity index (χ4v) is 2.50. The molecule has 3 rings (SSSR count). The highest BCUT2D eigenvalue weighted by Crippen LogP contribution is 2.34. The number of para-hydroxylation sites is 1. The van der Waals surface area contributed by atoms with Crippen LogP contribution in [0.1, 0.15) is 5.56 Å². The normalized spacial score (nSPS) is 11.2. The Kier molecular flexibility index (Phi) is 5.07. The average Bonchev–Trinajstić information content (AvgIpc) is 2.63. The maximum atomic E-state index is 13.0. The molecule has 2 aromatic carbocycles. The van der Waals surface area contributed by atoms with Gasteiger partial charge in [0.1, 0.15) is 6.54 Å². The van der Waals surface area contributed by atoms with E-state index in [4.69, 9.17) is 0 Å². The van der Waals surface area contributed by atoms with Crippen LogP contribution in [-0.4, -0.2) is 15.5 Å². The topological polar surface area (TPSA) is 64.0 Å². The van der Waals surface area contributed by atoms with Crippen molar-refractivity contribution in [2.24, 2.45) is 0 Å². The van der Waals surface area contributed by atoms with Crippen molar-refractivity contribution in [3.05, 3.63) is 82.9 Å². The molecular formula is C19H14F3N3O2. The largest absolute Gasteiger partial charge is 0.418 e. The summed E-state index contributed by atoms with van der Waals surface area (Å²) in [6.07, 6.45) is -3.40. The predicted molar refractivity (Wildman–Crippen MR) is 94.0 cm³/mol. The summed E-state index contributed by atoms with van der Waals surface area (Å²) < 4.78 is 40.0. The van der Waals surface area contributed by atoms with Gasteiger partial charge in [-0.3, -0.25) is 14.2 Å². The number of nitrogens with one attached hydrogen (secondary N) is 1. The maximum Gasteiger partial charge on any atom is 0.418 e. The summed E-state index contributed by atoms with van der Waals surface area (Å²) in [7, 11) is 0. The Hall–Kier alpha value is -3.42. The van der Waals surface area contributed by atoms with Gasteiger partial charge in [0, 0.05) is 11.6 Å². The van der Waals surface area contributed by atoms with Crippen LogP contribution >= 0.6 is 0 Å². The van der Waals surface area contributed by atoms with Gasteiger partial charge in [-0.1, -0.05) is 42.5 Å². The first kappa shape index (κ1) is 18.4. The lowest BCUT2D eigenvalue weighted by Crippen LogP contribution is -2.28. The second kappa shape index (κ2) is 7.45. The van der Waals surface area contributed by atoms with Gasteiger partial charge in [-0.25, -0.2) is 4.98 Å². The van der Waals surface area contributed by atoms with Crippen LogP contribution in [0.4, 0.5) is 18.9 Å². The summed E-state index contributed by atoms with van der Waals surface area (Å²) >= 11 is 0. The van der Waals surface area contributed by atoms with Gasteiger partial charge in [0.2, 0.25) is 5.91 Å². The van der Waals surface area contributed by atoms with Crippen LogP contribution in [-0.2, 0) is 17.5 Å². The molecule has 0 unspecified atom stereocenters. The molecule has 0 saturated carbocycles. The Morgan fingerprint density at radius 1 is 1.04 bits per heavy atom. The smallest absolute Gasteiger partial charge is 0.324 e. The quantitative estimate of drug-likeness (QED) is 0.761. The summed E-state index contributed by atoms with van der Waals surface area (Å²) in [4.78, 5) is 28.4. The molecule has 0 spiro atoms. The van der Waals surface area contributed by atoms with E-state index in [0.717, 1.165) is 22.3 Å². The number of hydrogen-bond acceptors (Lipinski definition) is 3. The van der Waals surface area contributed by atoms with Crippen molar-refractivity contribution in [2.45, 2.75) is 12.7 Å². The number of nitrogens with zero attached hydrogens (tertiary/aromatic N) is 2. The molecule has 0 radical (unpaired) electrons. The summed E-state index contributed by atoms with van der Waals surface area (Å²) in [5, 5.41) is 2.19. The number of halogens is 3. The molecule has 0 fully saturated rings. The van der Waals surface area contributed by atoms with Gasteiger partial charge < -0.3 is 5.32 Å². The molecule has 3 aromatic rings. The zero-order valence-corrected chi connectivity index (χ0v) is 13.9. The minimum absolute atomic E-state index is 0.364. The van der Waals surface area contributed by atoms with Gasteiger partial charge in [-0.2, -0.15) is 13.2 Å². The Morgan fingerprint density at radius 3 is 2.37 bits per heavy atom. The van der Waals surface area contributed by atoms with E-state index in [2.05, 4.69) is 10.3 Å². The van der Waals surface area contributed by atoms with Crippen LogP contribution in [0.15, 0.2) is 71.8 Å². The van der Waals surface area contributed by atoms with E-state index in [-0.39, 0.29) is 5.69 Å². The molecule has 0 saturated heterocycles. The third-order valence-corrected chi connectivity index (χ3v) is 3.77. The second-order valence-electron chi connectivity index (χ2n) is 5.70. The van der Waals surface area contributed by atoms with Crippen LogP contribution in [0.5, 0.6) is 0 Å². The summed E-state index contributed by atoms with van der Waals surface area (Å²) in [6, 6.07) is 14.9. The van der Waals surface area contributed by atoms with Gasteiger partial charge in [0.05, 0.1) is 23.3 Å². The molecule has 0 aliphatic heterocycles. The third-order valence-electron chi connectivity index (χ3n) is 3.77. The highest BCUT2D eigenvalue weighted by molar-refractivity contribution is 5.91. The number of carbonyl (C=O) groups is 1. The van der Waals surface area contributed by atoms with Crippen LogP contribution in [0.25, 0.3) is 11.3 Å². The van der Waals surface area contributed by atoms with Gasteiger partial charge in [0.15, 0.2) is 0 Å². The van der Waals surface area contributed by atoms with Crippen molar-refractivity contribution in [3.8, 4) is 11.3 Å². The molecule has 27 heavy (non-hydrogen) atoms. The maximum absolute atomic E-state index is 13.0. The number of hydrogen-bond donors (Lipinski definition) is 1. The SMILES string of the molecule is O=C(Cn1cnc(-c2ccccc2)cc1=O)Nc1ccccc1C(F)(F)F. The van der Waals surface area contributed by atoms with Crippen LogP contribution < -0.4 is 10.9 Å². The summed E-state index contributed by atoms with van der Waals surface area (Å²) in [5.74, 6) is -0.761. The molecule has 1 heterocycles. The molecule has 1 aromatic heterocycles. The molecule has 8 heteroatoms. The van der Waals surface area contributed by atoms with Gasteiger partial charge in [0.25, 0.3) is 5.56 Å². The number of anilines is 1. The van der Waals surface area contributed by atoms with E-state index in [1.807, 2.05) is 6.07 Å². The molecule has 5 nitrogen and oxygen atoms in total. The molecule has 138 valence electrons. The van der Waals surface area contributed by atoms with Crippen LogP contribution in [0, 0.1) is 0 Å². The van der Waals surface area contributed by atoms with Crippen molar-refractivity contribution in [1.29, 1.82) is 0 Å². The van der Waals surface area contributed by atoms with E-state index in [0.29, 0.717) is 5.69 Å². The minimum Gasteiger partial charge on any atom is -0.324 e. The van der Waals surface area contributed by atoms with E-state index in [1.165, 1.54) is 24.5 Å². The Morgan fingerprint density at radius 2 is 1.70 bits per heavy atom. The number of aromatic nitrogens is 2. The number of amides is 1. The Labute approximate surface area is 152 Å². The van der Waals surface area contributed by atoms with Gasteiger partial charge in [-0.15, -0.1) is 0 Å². The second-order valence-corrected chi connectivity index (χ2v) is 5.70. The average molecular weight is 373 g/mol. The van der Waals surface area contributed by atoms with Crippen LogP contribution in [0.2, 0.25) is 0 Å². The van der Waals surface area contributed by atoms with E-state index >= 15 is 0 Å². The van der Waals surface area contributed by atoms with Gasteiger partial charge in [-0.05, 0) is 12.1 Å². The van der Waals surface area contributed by atoms with Crippen LogP contribution in [0.3, 0.4) is 0 Å². The Bertz CT molecular complexity index is 1010. The third kappa shape index (κ3) is 4.41. The fraction of sp³-hybridized carbons (Fsp3) is 0.105.